The van der Waals surface area contributed by atoms with E-state index in [1.165, 1.54) is 12.5 Å². The molecule has 5 N–H and O–H groups in total. The van der Waals surface area contributed by atoms with Crippen molar-refractivity contribution < 1.29 is 37.0 Å². The van der Waals surface area contributed by atoms with E-state index < -0.39 is 46.7 Å². The van der Waals surface area contributed by atoms with Crippen LogP contribution in [0.2, 0.25) is 0 Å². The van der Waals surface area contributed by atoms with Crippen LogP contribution in [0.25, 0.3) is 0 Å². The summed E-state index contributed by atoms with van der Waals surface area (Å²) in [6.45, 7) is 0.606. The Labute approximate surface area is 162 Å². The average molecular weight is 436 g/mol. The van der Waals surface area contributed by atoms with Gasteiger partial charge in [-0.05, 0) is 0 Å². The summed E-state index contributed by atoms with van der Waals surface area (Å²) in [7, 11) is -3.72. The Hall–Kier alpha value is -2.82. The van der Waals surface area contributed by atoms with Crippen molar-refractivity contribution in [1.82, 2.24) is 20.1 Å². The van der Waals surface area contributed by atoms with E-state index in [9.17, 15) is 22.8 Å². The third-order valence-corrected chi connectivity index (χ3v) is 4.96. The fraction of sp³-hybridized carbons (Fsp3) is 0.417. The molecule has 14 nitrogen and oxygen atoms in total. The summed E-state index contributed by atoms with van der Waals surface area (Å²) in [5.41, 5.74) is 7.22. The zero-order chi connectivity index (χ0) is 21.1. The number of hydrogen-bond acceptors (Lipinski definition) is 11. The molecule has 3 amide bonds. The van der Waals surface area contributed by atoms with Crippen molar-refractivity contribution in [3.8, 4) is 0 Å². The highest BCUT2D eigenvalue weighted by Crippen LogP contribution is 2.24. The van der Waals surface area contributed by atoms with Crippen molar-refractivity contribution in [3.63, 3.8) is 0 Å². The number of nitrogens with two attached hydrogens (primary N) is 1. The van der Waals surface area contributed by atoms with E-state index in [1.54, 1.807) is 0 Å². The van der Waals surface area contributed by atoms with Crippen LogP contribution in [0.4, 0.5) is 5.13 Å². The third kappa shape index (κ3) is 4.71. The molecule has 2 unspecified atom stereocenters. The number of anilines is 1. The Morgan fingerprint density at radius 1 is 1.50 bits per heavy atom. The number of carbonyl (C=O) groups excluding carboxylic acids is 3. The maximum absolute atomic E-state index is 12.5. The molecule has 28 heavy (non-hydrogen) atoms. The summed E-state index contributed by atoms with van der Waals surface area (Å²) in [5, 5.41) is 7.38. The SMILES string of the molecule is CON=C(C(=O)NC1C(=O)N(S(=O)(=O)O)C1CONC(C)=O)c1csc(N)n1. The van der Waals surface area contributed by atoms with Crippen LogP contribution in [-0.4, -0.2) is 71.5 Å². The molecular weight excluding hydrogens is 420 g/mol. The second-order valence-corrected chi connectivity index (χ2v) is 7.47. The van der Waals surface area contributed by atoms with E-state index in [0.29, 0.717) is 0 Å². The molecule has 2 rings (SSSR count). The molecule has 1 aliphatic heterocycles. The smallest absolute Gasteiger partial charge is 0.362 e. The van der Waals surface area contributed by atoms with Crippen molar-refractivity contribution in [2.75, 3.05) is 19.5 Å². The molecule has 0 aromatic carbocycles. The monoisotopic (exact) mass is 436 g/mol. The molecule has 1 aliphatic rings. The molecular formula is C12H16N6O8S2. The van der Waals surface area contributed by atoms with Crippen LogP contribution < -0.4 is 16.5 Å². The zero-order valence-electron chi connectivity index (χ0n) is 14.5. The summed E-state index contributed by atoms with van der Waals surface area (Å²) in [5.74, 6) is -2.60. The summed E-state index contributed by atoms with van der Waals surface area (Å²) in [6.07, 6.45) is 0. The molecule has 0 saturated carbocycles. The zero-order valence-corrected chi connectivity index (χ0v) is 16.1. The summed E-state index contributed by atoms with van der Waals surface area (Å²) in [6, 6.07) is -2.70. The average Bonchev–Trinajstić information content (AvgIpc) is 3.01. The summed E-state index contributed by atoms with van der Waals surface area (Å²) >= 11 is 1.04. The van der Waals surface area contributed by atoms with Gasteiger partial charge in [-0.25, -0.2) is 14.8 Å². The largest absolute Gasteiger partial charge is 0.398 e. The molecule has 2 heterocycles. The van der Waals surface area contributed by atoms with Gasteiger partial charge in [0.1, 0.15) is 24.9 Å². The molecule has 0 spiro atoms. The fourth-order valence-electron chi connectivity index (χ4n) is 2.26. The van der Waals surface area contributed by atoms with Gasteiger partial charge in [0.2, 0.25) is 5.91 Å². The Morgan fingerprint density at radius 2 is 2.18 bits per heavy atom. The number of hydrogen-bond donors (Lipinski definition) is 4. The molecule has 0 aliphatic carbocycles. The minimum absolute atomic E-state index is 0.0753. The van der Waals surface area contributed by atoms with Gasteiger partial charge in [0.05, 0.1) is 6.61 Å². The normalized spacial score (nSPS) is 19.8. The van der Waals surface area contributed by atoms with Crippen molar-refractivity contribution >= 4 is 50.2 Å². The quantitative estimate of drug-likeness (QED) is 0.148. The van der Waals surface area contributed by atoms with Crippen LogP contribution in [0, 0.1) is 0 Å². The summed E-state index contributed by atoms with van der Waals surface area (Å²) < 4.78 is 32.0. The fourth-order valence-corrected chi connectivity index (χ4v) is 3.67. The molecule has 1 saturated heterocycles. The lowest BCUT2D eigenvalue weighted by molar-refractivity contribution is -0.151. The molecule has 0 radical (unpaired) electrons. The standard InChI is InChI=1S/C12H16N6O8S2/c1-5(19)16-26-3-7-9(11(21)18(7)28(22,23)24)15-10(20)8(17-25-2)6-4-27-12(13)14-6/h4,7,9H,3H2,1-2H3,(H2,13,14)(H,15,20)(H,16,19)(H,22,23,24). The number of hydroxylamine groups is 1. The number of nitrogens with zero attached hydrogens (tertiary/aromatic N) is 3. The van der Waals surface area contributed by atoms with E-state index in [2.05, 4.69) is 20.3 Å². The van der Waals surface area contributed by atoms with E-state index in [4.69, 9.17) is 15.1 Å². The first-order valence-corrected chi connectivity index (χ1v) is 9.66. The number of aromatic nitrogens is 1. The number of nitrogens with one attached hydrogen (secondary N) is 2. The van der Waals surface area contributed by atoms with Crippen LogP contribution in [-0.2, 0) is 34.4 Å². The van der Waals surface area contributed by atoms with Crippen LogP contribution in [0.1, 0.15) is 12.6 Å². The van der Waals surface area contributed by atoms with Gasteiger partial charge in [-0.2, -0.15) is 8.42 Å². The maximum Gasteiger partial charge on any atom is 0.362 e. The topological polar surface area (TPSA) is 203 Å². The van der Waals surface area contributed by atoms with Crippen molar-refractivity contribution in [2.24, 2.45) is 5.16 Å². The maximum atomic E-state index is 12.5. The molecule has 16 heteroatoms. The molecule has 1 fully saturated rings. The lowest BCUT2D eigenvalue weighted by Gasteiger charge is -2.43. The molecule has 0 bridgehead atoms. The molecule has 154 valence electrons. The minimum atomic E-state index is -4.91. The highest BCUT2D eigenvalue weighted by atomic mass is 32.2. The van der Waals surface area contributed by atoms with Gasteiger partial charge in [-0.3, -0.25) is 23.8 Å². The number of thiazole rings is 1. The van der Waals surface area contributed by atoms with Crippen LogP contribution in [0.5, 0.6) is 0 Å². The van der Waals surface area contributed by atoms with Gasteiger partial charge in [0, 0.05) is 12.3 Å². The number of amides is 3. The van der Waals surface area contributed by atoms with E-state index in [0.717, 1.165) is 18.3 Å². The Bertz CT molecular complexity index is 913. The van der Waals surface area contributed by atoms with Crippen LogP contribution in [0.3, 0.4) is 0 Å². The molecule has 1 aromatic heterocycles. The molecule has 2 atom stereocenters. The Morgan fingerprint density at radius 3 is 2.68 bits per heavy atom. The molecule has 1 aromatic rings. The van der Waals surface area contributed by atoms with Crippen LogP contribution in [0.15, 0.2) is 10.5 Å². The first-order chi connectivity index (χ1) is 13.1. The highest BCUT2D eigenvalue weighted by Gasteiger charge is 2.54. The Kier molecular flexibility index (Phi) is 6.49. The van der Waals surface area contributed by atoms with Crippen molar-refractivity contribution in [2.45, 2.75) is 19.0 Å². The second kappa shape index (κ2) is 8.46. The first kappa shape index (κ1) is 21.5. The van der Waals surface area contributed by atoms with Gasteiger partial charge < -0.3 is 15.9 Å². The van der Waals surface area contributed by atoms with Gasteiger partial charge in [0.15, 0.2) is 10.8 Å². The number of carbonyl (C=O) groups is 3. The van der Waals surface area contributed by atoms with Crippen molar-refractivity contribution in [3.05, 3.63) is 11.1 Å². The number of oxime groups is 1. The highest BCUT2D eigenvalue weighted by molar-refractivity contribution is 7.84. The van der Waals surface area contributed by atoms with E-state index >= 15 is 0 Å². The Balaban J connectivity index is 2.18. The third-order valence-electron chi connectivity index (χ3n) is 3.34. The predicted octanol–water partition coefficient (Wildman–Crippen LogP) is -2.36. The van der Waals surface area contributed by atoms with Gasteiger partial charge >= 0.3 is 10.3 Å². The number of rotatable bonds is 8. The number of nitrogen functional groups attached to an aromatic ring is 1. The number of β-lactam (4-membered cyclic amide) rings is 1. The predicted molar refractivity (Wildman–Crippen MR) is 94.0 cm³/mol. The van der Waals surface area contributed by atoms with Gasteiger partial charge in [-0.15, -0.1) is 11.3 Å². The first-order valence-electron chi connectivity index (χ1n) is 7.38. The van der Waals surface area contributed by atoms with Crippen LogP contribution >= 0.6 is 11.3 Å². The van der Waals surface area contributed by atoms with E-state index in [-0.39, 0.29) is 20.8 Å². The van der Waals surface area contributed by atoms with Crippen molar-refractivity contribution in [1.29, 1.82) is 0 Å². The van der Waals surface area contributed by atoms with Gasteiger partial charge in [0.25, 0.3) is 11.8 Å². The second-order valence-electron chi connectivity index (χ2n) is 5.29. The van der Waals surface area contributed by atoms with E-state index in [1.807, 2.05) is 5.48 Å². The lowest BCUT2D eigenvalue weighted by atomic mass is 9.99. The minimum Gasteiger partial charge on any atom is -0.398 e. The summed E-state index contributed by atoms with van der Waals surface area (Å²) in [4.78, 5) is 48.7. The van der Waals surface area contributed by atoms with Gasteiger partial charge in [-0.1, -0.05) is 5.16 Å². The lowest BCUT2D eigenvalue weighted by Crippen LogP contribution is -2.73.